The number of nitrogens with zero attached hydrogens (tertiary/aromatic N) is 1. The summed E-state index contributed by atoms with van der Waals surface area (Å²) in [7, 11) is 0. The Balaban J connectivity index is 1.64. The minimum Gasteiger partial charge on any atom is -0.444 e. The third-order valence-electron chi connectivity index (χ3n) is 4.34. The molecule has 2 aliphatic carbocycles. The molecule has 0 radical (unpaired) electrons. The number of hydrogen-bond acceptors (Lipinski definition) is 3. The zero-order valence-electron chi connectivity index (χ0n) is 10.8. The summed E-state index contributed by atoms with van der Waals surface area (Å²) in [4.78, 5) is 4.39. The van der Waals surface area contributed by atoms with Gasteiger partial charge in [-0.3, -0.25) is 0 Å². The van der Waals surface area contributed by atoms with E-state index in [1.54, 1.807) is 0 Å². The first kappa shape index (κ1) is 11.3. The summed E-state index contributed by atoms with van der Waals surface area (Å²) in [6, 6.07) is 0.479. The highest BCUT2D eigenvalue weighted by Crippen LogP contribution is 2.52. The van der Waals surface area contributed by atoms with Crippen LogP contribution in [0.15, 0.2) is 10.6 Å². The molecule has 3 unspecified atom stereocenters. The highest BCUT2D eigenvalue weighted by atomic mass is 16.4. The lowest BCUT2D eigenvalue weighted by Crippen LogP contribution is -2.21. The Morgan fingerprint density at radius 2 is 2.29 bits per heavy atom. The van der Waals surface area contributed by atoms with E-state index in [1.165, 1.54) is 25.7 Å². The van der Waals surface area contributed by atoms with Crippen molar-refractivity contribution in [1.29, 1.82) is 0 Å². The fourth-order valence-electron chi connectivity index (χ4n) is 3.46. The Labute approximate surface area is 103 Å². The molecule has 3 heteroatoms. The van der Waals surface area contributed by atoms with Gasteiger partial charge in [0.15, 0.2) is 0 Å². The van der Waals surface area contributed by atoms with E-state index in [0.717, 1.165) is 30.0 Å². The Morgan fingerprint density at radius 1 is 1.41 bits per heavy atom. The molecule has 3 atom stereocenters. The maximum Gasteiger partial charge on any atom is 0.208 e. The molecule has 94 valence electrons. The Hall–Kier alpha value is -0.830. The minimum atomic E-state index is 0.479. The van der Waals surface area contributed by atoms with Crippen molar-refractivity contribution in [1.82, 2.24) is 10.3 Å². The molecular weight excluding hydrogens is 212 g/mol. The van der Waals surface area contributed by atoms with Crippen LogP contribution in [0.2, 0.25) is 0 Å². The van der Waals surface area contributed by atoms with Crippen molar-refractivity contribution in [3.63, 3.8) is 0 Å². The fourth-order valence-corrected chi connectivity index (χ4v) is 3.46. The average molecular weight is 234 g/mol. The van der Waals surface area contributed by atoms with Crippen LogP contribution >= 0.6 is 0 Å². The van der Waals surface area contributed by atoms with Crippen molar-refractivity contribution < 1.29 is 4.42 Å². The monoisotopic (exact) mass is 234 g/mol. The summed E-state index contributed by atoms with van der Waals surface area (Å²) in [5.41, 5.74) is 0. The van der Waals surface area contributed by atoms with Crippen molar-refractivity contribution in [2.75, 3.05) is 0 Å². The Kier molecular flexibility index (Phi) is 2.95. The highest BCUT2D eigenvalue weighted by Gasteiger charge is 2.41. The molecular formula is C14H22N2O. The van der Waals surface area contributed by atoms with Crippen molar-refractivity contribution in [2.24, 2.45) is 11.8 Å². The number of oxazole rings is 1. The molecule has 0 amide bonds. The van der Waals surface area contributed by atoms with Crippen LogP contribution in [0.1, 0.15) is 57.1 Å². The Bertz CT molecular complexity index is 385. The van der Waals surface area contributed by atoms with Gasteiger partial charge in [0, 0.05) is 12.0 Å². The van der Waals surface area contributed by atoms with E-state index in [1.807, 2.05) is 6.20 Å². The van der Waals surface area contributed by atoms with Crippen molar-refractivity contribution in [2.45, 2.75) is 58.0 Å². The first-order valence-electron chi connectivity index (χ1n) is 6.90. The van der Waals surface area contributed by atoms with Crippen molar-refractivity contribution in [3.8, 4) is 0 Å². The van der Waals surface area contributed by atoms with E-state index in [2.05, 4.69) is 24.1 Å². The summed E-state index contributed by atoms with van der Waals surface area (Å²) < 4.78 is 5.90. The molecule has 1 heterocycles. The van der Waals surface area contributed by atoms with Gasteiger partial charge < -0.3 is 9.73 Å². The number of rotatable bonds is 4. The smallest absolute Gasteiger partial charge is 0.208 e. The summed E-state index contributed by atoms with van der Waals surface area (Å²) in [5.74, 6) is 4.48. The molecule has 3 rings (SSSR count). The maximum atomic E-state index is 5.90. The average Bonchev–Trinajstić information content (AvgIpc) is 3.01. The molecule has 0 aromatic carbocycles. The fraction of sp³-hybridized carbons (Fsp3) is 0.786. The molecule has 2 saturated carbocycles. The first-order valence-corrected chi connectivity index (χ1v) is 6.90. The molecule has 1 aromatic heterocycles. The van der Waals surface area contributed by atoms with Crippen LogP contribution in [0.3, 0.4) is 0 Å². The van der Waals surface area contributed by atoms with Crippen LogP contribution in [0.4, 0.5) is 0 Å². The van der Waals surface area contributed by atoms with Gasteiger partial charge in [0.1, 0.15) is 5.76 Å². The molecule has 1 aromatic rings. The third-order valence-corrected chi connectivity index (χ3v) is 4.34. The van der Waals surface area contributed by atoms with Crippen LogP contribution in [0.25, 0.3) is 0 Å². The molecule has 0 aliphatic heterocycles. The summed E-state index contributed by atoms with van der Waals surface area (Å²) in [6.45, 7) is 5.03. The van der Waals surface area contributed by atoms with Crippen LogP contribution in [0.5, 0.6) is 0 Å². The van der Waals surface area contributed by atoms with E-state index in [-0.39, 0.29) is 0 Å². The van der Waals surface area contributed by atoms with Gasteiger partial charge in [-0.15, -0.1) is 0 Å². The number of nitrogens with one attached hydrogen (secondary N) is 1. The molecule has 17 heavy (non-hydrogen) atoms. The molecule has 3 nitrogen and oxygen atoms in total. The van der Waals surface area contributed by atoms with Gasteiger partial charge in [-0.05, 0) is 31.1 Å². The van der Waals surface area contributed by atoms with E-state index < -0.39 is 0 Å². The van der Waals surface area contributed by atoms with Crippen LogP contribution in [-0.4, -0.2) is 11.0 Å². The van der Waals surface area contributed by atoms with Gasteiger partial charge in [-0.2, -0.15) is 0 Å². The number of fused-ring (bicyclic) bond motifs is 2. The largest absolute Gasteiger partial charge is 0.444 e. The van der Waals surface area contributed by atoms with Crippen LogP contribution < -0.4 is 5.32 Å². The third kappa shape index (κ3) is 2.25. The topological polar surface area (TPSA) is 38.1 Å². The zero-order chi connectivity index (χ0) is 11.8. The zero-order valence-corrected chi connectivity index (χ0v) is 10.8. The summed E-state index contributed by atoms with van der Waals surface area (Å²) in [6.07, 6.45) is 7.55. The summed E-state index contributed by atoms with van der Waals surface area (Å²) >= 11 is 0. The second-order valence-corrected chi connectivity index (χ2v) is 5.97. The van der Waals surface area contributed by atoms with E-state index >= 15 is 0 Å². The van der Waals surface area contributed by atoms with Gasteiger partial charge in [0.25, 0.3) is 0 Å². The maximum absolute atomic E-state index is 5.90. The molecule has 0 saturated heterocycles. The van der Waals surface area contributed by atoms with Crippen molar-refractivity contribution in [3.05, 3.63) is 17.8 Å². The second-order valence-electron chi connectivity index (χ2n) is 5.97. The van der Waals surface area contributed by atoms with Crippen LogP contribution in [-0.2, 0) is 6.54 Å². The van der Waals surface area contributed by atoms with Gasteiger partial charge >= 0.3 is 0 Å². The standard InChI is InChI=1S/C14H22N2O/c1-9(2)15-8-14-16-7-13(17-14)12-6-10-3-4-11(12)5-10/h7,9-12,15H,3-6,8H2,1-2H3. The highest BCUT2D eigenvalue weighted by molar-refractivity contribution is 5.10. The quantitative estimate of drug-likeness (QED) is 0.870. The molecule has 2 fully saturated rings. The molecule has 1 N–H and O–H groups in total. The van der Waals surface area contributed by atoms with Gasteiger partial charge in [0.2, 0.25) is 5.89 Å². The van der Waals surface area contributed by atoms with Crippen LogP contribution in [0, 0.1) is 11.8 Å². The molecule has 2 aliphatic rings. The predicted octanol–water partition coefficient (Wildman–Crippen LogP) is 3.08. The van der Waals surface area contributed by atoms with E-state index in [4.69, 9.17) is 4.42 Å². The molecule has 0 spiro atoms. The number of hydrogen-bond donors (Lipinski definition) is 1. The second kappa shape index (κ2) is 4.45. The van der Waals surface area contributed by atoms with Gasteiger partial charge in [-0.1, -0.05) is 20.3 Å². The normalized spacial score (nSPS) is 31.6. The predicted molar refractivity (Wildman–Crippen MR) is 66.7 cm³/mol. The first-order chi connectivity index (χ1) is 8.22. The summed E-state index contributed by atoms with van der Waals surface area (Å²) in [5, 5.41) is 3.34. The lowest BCUT2D eigenvalue weighted by molar-refractivity contribution is 0.338. The van der Waals surface area contributed by atoms with Crippen molar-refractivity contribution >= 4 is 0 Å². The Morgan fingerprint density at radius 3 is 2.94 bits per heavy atom. The van der Waals surface area contributed by atoms with E-state index in [0.29, 0.717) is 12.0 Å². The van der Waals surface area contributed by atoms with Gasteiger partial charge in [0.05, 0.1) is 12.7 Å². The SMILES string of the molecule is CC(C)NCc1ncc(C2CC3CCC2C3)o1. The lowest BCUT2D eigenvalue weighted by atomic mass is 9.87. The molecule has 2 bridgehead atoms. The minimum absolute atomic E-state index is 0.479. The van der Waals surface area contributed by atoms with Gasteiger partial charge in [-0.25, -0.2) is 4.98 Å². The van der Waals surface area contributed by atoms with E-state index in [9.17, 15) is 0 Å². The lowest BCUT2D eigenvalue weighted by Gasteiger charge is -2.18. The number of aromatic nitrogens is 1.